The van der Waals surface area contributed by atoms with E-state index in [1.54, 1.807) is 0 Å². The summed E-state index contributed by atoms with van der Waals surface area (Å²) in [6.45, 7) is 1.49. The van der Waals surface area contributed by atoms with Crippen LogP contribution in [0.1, 0.15) is 29.2 Å². The number of esters is 1. The first-order valence-corrected chi connectivity index (χ1v) is 5.88. The van der Waals surface area contributed by atoms with Gasteiger partial charge in [-0.15, -0.1) is 0 Å². The molecule has 0 saturated carbocycles. The quantitative estimate of drug-likeness (QED) is 0.622. The molecule has 0 N–H and O–H groups in total. The molecule has 0 radical (unpaired) electrons. The largest absolute Gasteiger partial charge is 0.469 e. The number of alkyl halides is 6. The molecule has 1 aromatic carbocycles. The number of hydrogen-bond donors (Lipinski definition) is 0. The summed E-state index contributed by atoms with van der Waals surface area (Å²) < 4.78 is 81.8. The van der Waals surface area contributed by atoms with Crippen molar-refractivity contribution in [1.29, 1.82) is 0 Å². The van der Waals surface area contributed by atoms with Gasteiger partial charge in [-0.25, -0.2) is 0 Å². The molecule has 0 fully saturated rings. The number of halogens is 6. The number of ether oxygens (including phenoxy) is 1. The fraction of sp³-hybridized carbons (Fsp3) is 0.462. The highest BCUT2D eigenvalue weighted by molar-refractivity contribution is 5.74. The maximum Gasteiger partial charge on any atom is 0.417 e. The van der Waals surface area contributed by atoms with Crippen LogP contribution in [-0.2, 0) is 34.7 Å². The van der Waals surface area contributed by atoms with E-state index in [0.29, 0.717) is 6.07 Å². The lowest BCUT2D eigenvalue weighted by Crippen LogP contribution is -2.22. The predicted molar refractivity (Wildman–Crippen MR) is 61.5 cm³/mol. The van der Waals surface area contributed by atoms with Gasteiger partial charge >= 0.3 is 18.3 Å². The van der Waals surface area contributed by atoms with E-state index in [2.05, 4.69) is 4.74 Å². The number of carbonyl (C=O) groups is 1. The van der Waals surface area contributed by atoms with Crippen LogP contribution in [0, 0.1) is 0 Å². The molecule has 8 heteroatoms. The number of aryl methyl sites for hydroxylation is 1. The molecule has 1 aromatic rings. The lowest BCUT2D eigenvalue weighted by Gasteiger charge is -2.21. The summed E-state index contributed by atoms with van der Waals surface area (Å²) in [5, 5.41) is 0. The second-order valence-corrected chi connectivity index (χ2v) is 4.23. The molecular weight excluding hydrogens is 302 g/mol. The summed E-state index contributed by atoms with van der Waals surface area (Å²) in [6.07, 6.45) is -11.2. The smallest absolute Gasteiger partial charge is 0.417 e. The number of hydrogen-bond acceptors (Lipinski definition) is 2. The van der Waals surface area contributed by atoms with Crippen molar-refractivity contribution >= 4 is 5.97 Å². The highest BCUT2D eigenvalue weighted by Gasteiger charge is 2.45. The van der Waals surface area contributed by atoms with Gasteiger partial charge in [0.2, 0.25) is 0 Å². The third-order valence-electron chi connectivity index (χ3n) is 2.93. The zero-order chi connectivity index (χ0) is 16.4. The van der Waals surface area contributed by atoms with Gasteiger partial charge in [0.05, 0.1) is 24.7 Å². The van der Waals surface area contributed by atoms with Gasteiger partial charge in [0.25, 0.3) is 0 Å². The van der Waals surface area contributed by atoms with Crippen molar-refractivity contribution in [3.63, 3.8) is 0 Å². The van der Waals surface area contributed by atoms with Crippen molar-refractivity contribution in [2.24, 2.45) is 0 Å². The Labute approximate surface area is 116 Å². The van der Waals surface area contributed by atoms with Crippen molar-refractivity contribution in [1.82, 2.24) is 0 Å². The first kappa shape index (κ1) is 17.3. The Bertz CT molecular complexity index is 531. The topological polar surface area (TPSA) is 26.3 Å². The van der Waals surface area contributed by atoms with Crippen LogP contribution in [0.2, 0.25) is 0 Å². The van der Waals surface area contributed by atoms with E-state index in [1.807, 2.05) is 0 Å². The lowest BCUT2D eigenvalue weighted by atomic mass is 9.91. The molecular formula is C13H12F6O2. The Morgan fingerprint density at radius 1 is 1.10 bits per heavy atom. The first-order chi connectivity index (χ1) is 9.52. The van der Waals surface area contributed by atoms with Gasteiger partial charge in [-0.1, -0.05) is 13.0 Å². The van der Waals surface area contributed by atoms with E-state index in [1.165, 1.54) is 6.92 Å². The van der Waals surface area contributed by atoms with E-state index >= 15 is 0 Å². The van der Waals surface area contributed by atoms with E-state index in [9.17, 15) is 31.1 Å². The van der Waals surface area contributed by atoms with Crippen LogP contribution in [0.25, 0.3) is 0 Å². The minimum atomic E-state index is -5.22. The summed E-state index contributed by atoms with van der Waals surface area (Å²) in [5.41, 5.74) is -4.28. The summed E-state index contributed by atoms with van der Waals surface area (Å²) in [6, 6.07) is 1.35. The molecule has 0 atom stereocenters. The van der Waals surface area contributed by atoms with Crippen LogP contribution in [0.3, 0.4) is 0 Å². The highest BCUT2D eigenvalue weighted by atomic mass is 19.4. The molecule has 118 valence electrons. The highest BCUT2D eigenvalue weighted by Crippen LogP contribution is 2.43. The number of carbonyl (C=O) groups excluding carboxylic acids is 1. The van der Waals surface area contributed by atoms with Gasteiger partial charge in [-0.3, -0.25) is 4.79 Å². The summed E-state index contributed by atoms with van der Waals surface area (Å²) in [4.78, 5) is 11.2. The Hall–Kier alpha value is -1.73. The molecule has 0 spiro atoms. The Morgan fingerprint density at radius 2 is 1.67 bits per heavy atom. The summed E-state index contributed by atoms with van der Waals surface area (Å²) in [7, 11) is 0.953. The van der Waals surface area contributed by atoms with Crippen molar-refractivity contribution < 1.29 is 35.9 Å². The molecule has 0 heterocycles. The van der Waals surface area contributed by atoms with Gasteiger partial charge in [0, 0.05) is 0 Å². The average molecular weight is 314 g/mol. The monoisotopic (exact) mass is 314 g/mol. The molecule has 21 heavy (non-hydrogen) atoms. The van der Waals surface area contributed by atoms with Crippen molar-refractivity contribution in [2.75, 3.05) is 7.11 Å². The standard InChI is InChI=1S/C13H12F6O2/c1-3-7-4-5-9(12(14,15)16)11(13(17,18)19)8(7)6-10(20)21-2/h4-5H,3,6H2,1-2H3. The second-order valence-electron chi connectivity index (χ2n) is 4.23. The second kappa shape index (κ2) is 5.95. The van der Waals surface area contributed by atoms with E-state index in [0.717, 1.165) is 13.2 Å². The Balaban J connectivity index is 3.66. The molecule has 1 rings (SSSR count). The van der Waals surface area contributed by atoms with E-state index in [4.69, 9.17) is 0 Å². The third-order valence-corrected chi connectivity index (χ3v) is 2.93. The number of rotatable bonds is 3. The fourth-order valence-electron chi connectivity index (χ4n) is 2.00. The number of methoxy groups -OCH3 is 1. The first-order valence-electron chi connectivity index (χ1n) is 5.88. The molecule has 0 unspecified atom stereocenters. The van der Waals surface area contributed by atoms with Crippen LogP contribution in [0.5, 0.6) is 0 Å². The normalized spacial score (nSPS) is 12.4. The zero-order valence-corrected chi connectivity index (χ0v) is 11.2. The van der Waals surface area contributed by atoms with Gasteiger partial charge in [0.15, 0.2) is 0 Å². The van der Waals surface area contributed by atoms with E-state index in [-0.39, 0.29) is 12.0 Å². The SMILES string of the molecule is CCc1ccc(C(F)(F)F)c(C(F)(F)F)c1CC(=O)OC. The average Bonchev–Trinajstić information content (AvgIpc) is 2.35. The predicted octanol–water partition coefficient (Wildman–Crippen LogP) is 4.00. The molecule has 0 amide bonds. The molecule has 0 saturated heterocycles. The zero-order valence-electron chi connectivity index (χ0n) is 11.2. The Kier molecular flexibility index (Phi) is 4.91. The van der Waals surface area contributed by atoms with Crippen molar-refractivity contribution in [3.8, 4) is 0 Å². The van der Waals surface area contributed by atoms with Crippen LogP contribution in [0.15, 0.2) is 12.1 Å². The lowest BCUT2D eigenvalue weighted by molar-refractivity contribution is -0.162. The molecule has 0 aliphatic heterocycles. The molecule has 0 bridgehead atoms. The Morgan fingerprint density at radius 3 is 2.05 bits per heavy atom. The van der Waals surface area contributed by atoms with Crippen molar-refractivity contribution in [3.05, 3.63) is 34.4 Å². The third kappa shape index (κ3) is 3.89. The molecule has 0 aliphatic carbocycles. The molecule has 0 aromatic heterocycles. The minimum Gasteiger partial charge on any atom is -0.469 e. The van der Waals surface area contributed by atoms with Crippen LogP contribution < -0.4 is 0 Å². The maximum atomic E-state index is 13.1. The van der Waals surface area contributed by atoms with Gasteiger partial charge in [-0.2, -0.15) is 26.3 Å². The summed E-state index contributed by atoms with van der Waals surface area (Å²) in [5.74, 6) is -1.03. The van der Waals surface area contributed by atoms with Gasteiger partial charge in [-0.05, 0) is 23.6 Å². The molecule has 2 nitrogen and oxygen atoms in total. The summed E-state index contributed by atoms with van der Waals surface area (Å²) >= 11 is 0. The van der Waals surface area contributed by atoms with E-state index < -0.39 is 41.4 Å². The van der Waals surface area contributed by atoms with Gasteiger partial charge in [0.1, 0.15) is 0 Å². The van der Waals surface area contributed by atoms with Crippen LogP contribution in [0.4, 0.5) is 26.3 Å². The number of benzene rings is 1. The van der Waals surface area contributed by atoms with Crippen LogP contribution >= 0.6 is 0 Å². The maximum absolute atomic E-state index is 13.1. The van der Waals surface area contributed by atoms with Crippen LogP contribution in [-0.4, -0.2) is 13.1 Å². The van der Waals surface area contributed by atoms with Crippen molar-refractivity contribution in [2.45, 2.75) is 32.1 Å². The minimum absolute atomic E-state index is 0.0284. The molecule has 0 aliphatic rings. The van der Waals surface area contributed by atoms with Gasteiger partial charge < -0.3 is 4.74 Å². The fourth-order valence-corrected chi connectivity index (χ4v) is 2.00.